The SMILES string of the molecule is Cc1ccc(-n2nnc(C(=O)O)c2C)cc1F. The van der Waals surface area contributed by atoms with Gasteiger partial charge in [0.15, 0.2) is 5.69 Å². The summed E-state index contributed by atoms with van der Waals surface area (Å²) in [5.41, 5.74) is 1.20. The zero-order valence-corrected chi connectivity index (χ0v) is 9.31. The van der Waals surface area contributed by atoms with E-state index in [0.29, 0.717) is 16.9 Å². The lowest BCUT2D eigenvalue weighted by Gasteiger charge is -2.04. The standard InChI is InChI=1S/C11H10FN3O2/c1-6-3-4-8(5-9(6)12)15-7(2)10(11(16)17)13-14-15/h3-5H,1-2H3,(H,16,17). The molecule has 1 aromatic heterocycles. The molecule has 0 saturated heterocycles. The molecule has 1 N–H and O–H groups in total. The summed E-state index contributed by atoms with van der Waals surface area (Å²) in [5.74, 6) is -1.52. The van der Waals surface area contributed by atoms with Crippen LogP contribution in [0.15, 0.2) is 18.2 Å². The molecule has 0 atom stereocenters. The van der Waals surface area contributed by atoms with Crippen molar-refractivity contribution < 1.29 is 14.3 Å². The van der Waals surface area contributed by atoms with Crippen LogP contribution < -0.4 is 0 Å². The second kappa shape index (κ2) is 3.97. The summed E-state index contributed by atoms with van der Waals surface area (Å²) in [7, 11) is 0. The summed E-state index contributed by atoms with van der Waals surface area (Å²) in [6.07, 6.45) is 0. The summed E-state index contributed by atoms with van der Waals surface area (Å²) >= 11 is 0. The van der Waals surface area contributed by atoms with Crippen LogP contribution in [0.25, 0.3) is 5.69 Å². The molecule has 0 aliphatic heterocycles. The van der Waals surface area contributed by atoms with Gasteiger partial charge in [-0.15, -0.1) is 5.10 Å². The van der Waals surface area contributed by atoms with Crippen molar-refractivity contribution in [1.82, 2.24) is 15.0 Å². The van der Waals surface area contributed by atoms with Gasteiger partial charge in [-0.1, -0.05) is 11.3 Å². The lowest BCUT2D eigenvalue weighted by atomic mass is 10.2. The second-order valence-electron chi connectivity index (χ2n) is 3.67. The van der Waals surface area contributed by atoms with Gasteiger partial charge in [0.1, 0.15) is 5.82 Å². The minimum Gasteiger partial charge on any atom is -0.476 e. The first kappa shape index (κ1) is 11.3. The number of aromatic carboxylic acids is 1. The summed E-state index contributed by atoms with van der Waals surface area (Å²) < 4.78 is 14.7. The van der Waals surface area contributed by atoms with Crippen molar-refractivity contribution in [2.45, 2.75) is 13.8 Å². The van der Waals surface area contributed by atoms with Gasteiger partial charge in [-0.05, 0) is 31.5 Å². The Bertz CT molecular complexity index is 592. The first-order valence-electron chi connectivity index (χ1n) is 4.93. The number of nitrogens with zero attached hydrogens (tertiary/aromatic N) is 3. The van der Waals surface area contributed by atoms with Gasteiger partial charge >= 0.3 is 5.97 Å². The van der Waals surface area contributed by atoms with Crippen LogP contribution in [0.2, 0.25) is 0 Å². The first-order valence-corrected chi connectivity index (χ1v) is 4.93. The van der Waals surface area contributed by atoms with E-state index in [9.17, 15) is 9.18 Å². The van der Waals surface area contributed by atoms with Crippen molar-refractivity contribution in [3.63, 3.8) is 0 Å². The van der Waals surface area contributed by atoms with E-state index >= 15 is 0 Å². The van der Waals surface area contributed by atoms with Gasteiger partial charge in [0.2, 0.25) is 0 Å². The third-order valence-corrected chi connectivity index (χ3v) is 2.50. The number of carbonyl (C=O) groups is 1. The Morgan fingerprint density at radius 1 is 1.41 bits per heavy atom. The number of aromatic nitrogens is 3. The number of carboxylic acid groups (broad SMARTS) is 1. The highest BCUT2D eigenvalue weighted by molar-refractivity contribution is 5.86. The number of hydrogen-bond acceptors (Lipinski definition) is 3. The Kier molecular flexibility index (Phi) is 2.63. The molecule has 0 radical (unpaired) electrons. The van der Waals surface area contributed by atoms with E-state index in [0.717, 1.165) is 0 Å². The van der Waals surface area contributed by atoms with Crippen molar-refractivity contribution in [2.24, 2.45) is 0 Å². The van der Waals surface area contributed by atoms with Crippen LogP contribution in [-0.2, 0) is 0 Å². The Labute approximate surface area is 96.5 Å². The van der Waals surface area contributed by atoms with Gasteiger partial charge in [0, 0.05) is 0 Å². The van der Waals surface area contributed by atoms with E-state index in [1.165, 1.54) is 10.7 Å². The Morgan fingerprint density at radius 2 is 2.12 bits per heavy atom. The molecule has 0 spiro atoms. The average molecular weight is 235 g/mol. The van der Waals surface area contributed by atoms with Crippen LogP contribution in [0.1, 0.15) is 21.7 Å². The van der Waals surface area contributed by atoms with E-state index in [2.05, 4.69) is 10.3 Å². The molecule has 6 heteroatoms. The van der Waals surface area contributed by atoms with Crippen LogP contribution in [-0.4, -0.2) is 26.1 Å². The smallest absolute Gasteiger partial charge is 0.358 e. The molecule has 0 fully saturated rings. The van der Waals surface area contributed by atoms with Crippen LogP contribution in [0.5, 0.6) is 0 Å². The molecule has 0 bridgehead atoms. The predicted octanol–water partition coefficient (Wildman–Crippen LogP) is 1.72. The number of benzene rings is 1. The summed E-state index contributed by atoms with van der Waals surface area (Å²) in [6, 6.07) is 4.56. The maximum Gasteiger partial charge on any atom is 0.358 e. The minimum absolute atomic E-state index is 0.133. The van der Waals surface area contributed by atoms with Crippen LogP contribution in [0.4, 0.5) is 4.39 Å². The topological polar surface area (TPSA) is 68.0 Å². The summed E-state index contributed by atoms with van der Waals surface area (Å²) in [4.78, 5) is 10.8. The number of halogens is 1. The lowest BCUT2D eigenvalue weighted by Crippen LogP contribution is -2.03. The van der Waals surface area contributed by atoms with Gasteiger partial charge in [0.05, 0.1) is 11.4 Å². The van der Waals surface area contributed by atoms with Gasteiger partial charge in [0.25, 0.3) is 0 Å². The van der Waals surface area contributed by atoms with E-state index in [1.54, 1.807) is 26.0 Å². The zero-order chi connectivity index (χ0) is 12.6. The largest absolute Gasteiger partial charge is 0.476 e. The fraction of sp³-hybridized carbons (Fsp3) is 0.182. The Balaban J connectivity index is 2.53. The maximum absolute atomic E-state index is 13.4. The van der Waals surface area contributed by atoms with E-state index < -0.39 is 5.97 Å². The van der Waals surface area contributed by atoms with Crippen molar-refractivity contribution in [1.29, 1.82) is 0 Å². The van der Waals surface area contributed by atoms with Crippen molar-refractivity contribution in [3.05, 3.63) is 41.0 Å². The number of aryl methyl sites for hydroxylation is 1. The number of carboxylic acids is 1. The molecule has 0 aliphatic carbocycles. The van der Waals surface area contributed by atoms with Crippen molar-refractivity contribution in [2.75, 3.05) is 0 Å². The van der Waals surface area contributed by atoms with E-state index in [-0.39, 0.29) is 11.5 Å². The molecule has 2 aromatic rings. The molecule has 0 saturated carbocycles. The maximum atomic E-state index is 13.4. The van der Waals surface area contributed by atoms with Gasteiger partial charge in [-0.2, -0.15) is 0 Å². The predicted molar refractivity (Wildman–Crippen MR) is 57.8 cm³/mol. The van der Waals surface area contributed by atoms with Crippen molar-refractivity contribution in [3.8, 4) is 5.69 Å². The minimum atomic E-state index is -1.15. The van der Waals surface area contributed by atoms with E-state index in [1.807, 2.05) is 0 Å². The van der Waals surface area contributed by atoms with E-state index in [4.69, 9.17) is 5.11 Å². The molecule has 0 amide bonds. The third kappa shape index (κ3) is 1.89. The number of hydrogen-bond donors (Lipinski definition) is 1. The molecular formula is C11H10FN3O2. The van der Waals surface area contributed by atoms with Crippen LogP contribution >= 0.6 is 0 Å². The van der Waals surface area contributed by atoms with Gasteiger partial charge in [-0.3, -0.25) is 0 Å². The normalized spacial score (nSPS) is 10.5. The average Bonchev–Trinajstić information content (AvgIpc) is 2.64. The molecule has 0 unspecified atom stereocenters. The highest BCUT2D eigenvalue weighted by atomic mass is 19.1. The molecule has 1 heterocycles. The molecular weight excluding hydrogens is 225 g/mol. The highest BCUT2D eigenvalue weighted by Gasteiger charge is 2.16. The third-order valence-electron chi connectivity index (χ3n) is 2.50. The highest BCUT2D eigenvalue weighted by Crippen LogP contribution is 2.15. The fourth-order valence-corrected chi connectivity index (χ4v) is 1.49. The summed E-state index contributed by atoms with van der Waals surface area (Å²) in [5, 5.41) is 16.1. The fourth-order valence-electron chi connectivity index (χ4n) is 1.49. The van der Waals surface area contributed by atoms with Gasteiger partial charge in [-0.25, -0.2) is 13.9 Å². The quantitative estimate of drug-likeness (QED) is 0.860. The molecule has 2 rings (SSSR count). The molecule has 5 nitrogen and oxygen atoms in total. The number of rotatable bonds is 2. The van der Waals surface area contributed by atoms with Crippen LogP contribution in [0, 0.1) is 19.7 Å². The van der Waals surface area contributed by atoms with Crippen LogP contribution in [0.3, 0.4) is 0 Å². The first-order chi connectivity index (χ1) is 8.00. The Hall–Kier alpha value is -2.24. The van der Waals surface area contributed by atoms with Gasteiger partial charge < -0.3 is 5.11 Å². The lowest BCUT2D eigenvalue weighted by molar-refractivity contribution is 0.0689. The molecule has 17 heavy (non-hydrogen) atoms. The molecule has 0 aliphatic rings. The molecule has 88 valence electrons. The second-order valence-corrected chi connectivity index (χ2v) is 3.67. The Morgan fingerprint density at radius 3 is 2.65 bits per heavy atom. The molecule has 1 aromatic carbocycles. The summed E-state index contributed by atoms with van der Waals surface area (Å²) in [6.45, 7) is 3.22. The zero-order valence-electron chi connectivity index (χ0n) is 9.31. The monoisotopic (exact) mass is 235 g/mol. The van der Waals surface area contributed by atoms with Crippen molar-refractivity contribution >= 4 is 5.97 Å².